The molecular weight excluding hydrogens is 508 g/mol. The maximum Gasteiger partial charge on any atom is 0.369 e. The molecule has 0 bridgehead atoms. The van der Waals surface area contributed by atoms with Crippen LogP contribution in [0.5, 0.6) is 0 Å². The summed E-state index contributed by atoms with van der Waals surface area (Å²) in [4.78, 5) is 0. The van der Waals surface area contributed by atoms with Crippen molar-refractivity contribution in [3.05, 3.63) is 115 Å². The molecule has 7 aromatic rings. The largest absolute Gasteiger partial charge is 0.391 e. The fourth-order valence-electron chi connectivity index (χ4n) is 6.28. The van der Waals surface area contributed by atoms with Gasteiger partial charge in [0.1, 0.15) is 0 Å². The van der Waals surface area contributed by atoms with E-state index in [1.165, 1.54) is 43.6 Å². The highest BCUT2D eigenvalue weighted by atomic mass is 28.4. The minimum atomic E-state index is -2.71. The fourth-order valence-corrected chi connectivity index (χ4v) is 8.61. The standard InChI is InChI=1S/C35H32N2O2Si/c1-4-38-40(3,39-5-2)27-23-25(36-32-18-10-6-14-28(32)29-15-7-11-19-33(29)36)22-26(24-27)37-34-20-12-8-16-30(34)31-17-9-13-21-35(31)37/h6-24H,4-5H2,1-3H3. The zero-order valence-electron chi connectivity index (χ0n) is 23.1. The monoisotopic (exact) mass is 540 g/mol. The molecule has 5 aromatic carbocycles. The second-order valence-corrected chi connectivity index (χ2v) is 13.3. The molecule has 4 nitrogen and oxygen atoms in total. The summed E-state index contributed by atoms with van der Waals surface area (Å²) in [5, 5.41) is 6.11. The molecule has 0 spiro atoms. The zero-order valence-corrected chi connectivity index (χ0v) is 24.1. The molecule has 2 heterocycles. The van der Waals surface area contributed by atoms with E-state index in [0.29, 0.717) is 13.2 Å². The Labute approximate surface area is 235 Å². The van der Waals surface area contributed by atoms with E-state index in [4.69, 9.17) is 8.85 Å². The van der Waals surface area contributed by atoms with Crippen molar-refractivity contribution in [1.29, 1.82) is 0 Å². The third kappa shape index (κ3) is 3.81. The normalized spacial score (nSPS) is 12.3. The van der Waals surface area contributed by atoms with E-state index in [2.05, 4.69) is 145 Å². The molecule has 0 unspecified atom stereocenters. The quantitative estimate of drug-likeness (QED) is 0.191. The van der Waals surface area contributed by atoms with Gasteiger partial charge in [0.2, 0.25) is 0 Å². The Morgan fingerprint density at radius 1 is 0.500 bits per heavy atom. The molecule has 0 saturated heterocycles. The van der Waals surface area contributed by atoms with Gasteiger partial charge in [-0.25, -0.2) is 0 Å². The number of fused-ring (bicyclic) bond motifs is 6. The summed E-state index contributed by atoms with van der Waals surface area (Å²) in [6.45, 7) is 7.48. The van der Waals surface area contributed by atoms with Crippen molar-refractivity contribution in [1.82, 2.24) is 9.13 Å². The summed E-state index contributed by atoms with van der Waals surface area (Å²) < 4.78 is 17.7. The molecule has 7 rings (SSSR count). The van der Waals surface area contributed by atoms with Crippen LogP contribution in [0, 0.1) is 0 Å². The minimum absolute atomic E-state index is 0.604. The van der Waals surface area contributed by atoms with Crippen molar-refractivity contribution in [2.75, 3.05) is 13.2 Å². The van der Waals surface area contributed by atoms with Gasteiger partial charge in [0.05, 0.1) is 22.1 Å². The van der Waals surface area contributed by atoms with E-state index in [1.807, 2.05) is 0 Å². The highest BCUT2D eigenvalue weighted by Crippen LogP contribution is 2.35. The van der Waals surface area contributed by atoms with Gasteiger partial charge in [-0.15, -0.1) is 0 Å². The molecule has 0 aliphatic rings. The topological polar surface area (TPSA) is 28.3 Å². The van der Waals surface area contributed by atoms with E-state index in [0.717, 1.165) is 16.6 Å². The third-order valence-corrected chi connectivity index (χ3v) is 11.0. The summed E-state index contributed by atoms with van der Waals surface area (Å²) >= 11 is 0. The molecule has 40 heavy (non-hydrogen) atoms. The van der Waals surface area contributed by atoms with Crippen molar-refractivity contribution in [3.63, 3.8) is 0 Å². The number of aromatic nitrogens is 2. The molecule has 2 aromatic heterocycles. The number of para-hydroxylation sites is 4. The van der Waals surface area contributed by atoms with Crippen molar-refractivity contribution >= 4 is 57.4 Å². The van der Waals surface area contributed by atoms with E-state index in [-0.39, 0.29) is 0 Å². The molecule has 0 aliphatic heterocycles. The van der Waals surface area contributed by atoms with Gasteiger partial charge in [-0.2, -0.15) is 0 Å². The highest BCUT2D eigenvalue weighted by Gasteiger charge is 2.35. The first kappa shape index (κ1) is 24.8. The highest BCUT2D eigenvalue weighted by molar-refractivity contribution is 6.80. The van der Waals surface area contributed by atoms with Crippen LogP contribution in [0.25, 0.3) is 55.0 Å². The zero-order chi connectivity index (χ0) is 27.3. The Hall–Kier alpha value is -4.16. The first-order chi connectivity index (χ1) is 19.6. The van der Waals surface area contributed by atoms with Gasteiger partial charge in [-0.05, 0) is 68.0 Å². The molecule has 198 valence electrons. The van der Waals surface area contributed by atoms with Crippen LogP contribution in [-0.2, 0) is 8.85 Å². The maximum atomic E-state index is 6.45. The lowest BCUT2D eigenvalue weighted by Gasteiger charge is -2.28. The van der Waals surface area contributed by atoms with E-state index in [9.17, 15) is 0 Å². The lowest BCUT2D eigenvalue weighted by molar-refractivity contribution is 0.202. The first-order valence-electron chi connectivity index (χ1n) is 14.0. The molecule has 0 fully saturated rings. The van der Waals surface area contributed by atoms with Crippen LogP contribution < -0.4 is 5.19 Å². The lowest BCUT2D eigenvalue weighted by Crippen LogP contribution is -2.51. The number of hydrogen-bond acceptors (Lipinski definition) is 2. The summed E-state index contributed by atoms with van der Waals surface area (Å²) in [6.07, 6.45) is 0. The van der Waals surface area contributed by atoms with Gasteiger partial charge < -0.3 is 18.0 Å². The Bertz CT molecular complexity index is 1770. The van der Waals surface area contributed by atoms with Crippen LogP contribution in [-0.4, -0.2) is 30.9 Å². The van der Waals surface area contributed by atoms with E-state index < -0.39 is 8.56 Å². The number of nitrogens with zero attached hydrogens (tertiary/aromatic N) is 2. The summed E-state index contributed by atoms with van der Waals surface area (Å²) in [7, 11) is -2.71. The molecule has 0 radical (unpaired) electrons. The molecule has 0 amide bonds. The molecule has 0 N–H and O–H groups in total. The van der Waals surface area contributed by atoms with Crippen molar-refractivity contribution in [3.8, 4) is 11.4 Å². The predicted octanol–water partition coefficient (Wildman–Crippen LogP) is 8.23. The fraction of sp³-hybridized carbons (Fsp3) is 0.143. The smallest absolute Gasteiger partial charge is 0.369 e. The van der Waals surface area contributed by atoms with Gasteiger partial charge in [0, 0.05) is 46.1 Å². The Morgan fingerprint density at radius 3 is 1.15 bits per heavy atom. The van der Waals surface area contributed by atoms with E-state index in [1.54, 1.807) is 0 Å². The van der Waals surface area contributed by atoms with Crippen LogP contribution in [0.2, 0.25) is 6.55 Å². The molecular formula is C35H32N2O2Si. The average molecular weight is 541 g/mol. The Kier molecular flexibility index (Phi) is 6.08. The van der Waals surface area contributed by atoms with Crippen molar-refractivity contribution in [2.24, 2.45) is 0 Å². The molecule has 0 atom stereocenters. The van der Waals surface area contributed by atoms with Gasteiger partial charge >= 0.3 is 8.56 Å². The minimum Gasteiger partial charge on any atom is -0.391 e. The summed E-state index contributed by atoms with van der Waals surface area (Å²) in [6, 6.07) is 41.5. The lowest BCUT2D eigenvalue weighted by atomic mass is 10.2. The van der Waals surface area contributed by atoms with Crippen LogP contribution in [0.4, 0.5) is 0 Å². The number of rotatable bonds is 7. The number of hydrogen-bond donors (Lipinski definition) is 0. The van der Waals surface area contributed by atoms with Crippen LogP contribution in [0.15, 0.2) is 115 Å². The van der Waals surface area contributed by atoms with Crippen molar-refractivity contribution in [2.45, 2.75) is 20.4 Å². The molecule has 0 saturated carbocycles. The van der Waals surface area contributed by atoms with Gasteiger partial charge in [0.15, 0.2) is 0 Å². The van der Waals surface area contributed by atoms with Gasteiger partial charge in [-0.1, -0.05) is 72.8 Å². The molecule has 0 aliphatic carbocycles. The van der Waals surface area contributed by atoms with Gasteiger partial charge in [0.25, 0.3) is 0 Å². The van der Waals surface area contributed by atoms with Crippen LogP contribution in [0.1, 0.15) is 13.8 Å². The number of benzene rings is 5. The predicted molar refractivity (Wildman–Crippen MR) is 170 cm³/mol. The Morgan fingerprint density at radius 2 is 0.825 bits per heavy atom. The van der Waals surface area contributed by atoms with Gasteiger partial charge in [-0.3, -0.25) is 0 Å². The summed E-state index contributed by atoms with van der Waals surface area (Å²) in [5.74, 6) is 0. The maximum absolute atomic E-state index is 6.45. The van der Waals surface area contributed by atoms with Crippen LogP contribution in [0.3, 0.4) is 0 Å². The van der Waals surface area contributed by atoms with E-state index >= 15 is 0 Å². The van der Waals surface area contributed by atoms with Crippen molar-refractivity contribution < 1.29 is 8.85 Å². The second kappa shape index (κ2) is 9.79. The summed E-state index contributed by atoms with van der Waals surface area (Å²) in [5.41, 5.74) is 6.95. The SMILES string of the molecule is CCO[Si](C)(OCC)c1cc(-n2c3ccccc3c3ccccc32)cc(-n2c3ccccc3c3ccccc32)c1. The van der Waals surface area contributed by atoms with Crippen LogP contribution >= 0.6 is 0 Å². The third-order valence-electron chi connectivity index (χ3n) is 7.94. The molecule has 5 heteroatoms. The Balaban J connectivity index is 1.60. The average Bonchev–Trinajstić information content (AvgIpc) is 3.50. The second-order valence-electron chi connectivity index (χ2n) is 10.3. The first-order valence-corrected chi connectivity index (χ1v) is 16.3.